The Balaban J connectivity index is 2.48. The minimum Gasteiger partial charge on any atom is -0.257 e. The first-order valence-corrected chi connectivity index (χ1v) is 7.14. The summed E-state index contributed by atoms with van der Waals surface area (Å²) in [6.45, 7) is 0. The van der Waals surface area contributed by atoms with Crippen LogP contribution in [0.3, 0.4) is 0 Å². The van der Waals surface area contributed by atoms with Crippen LogP contribution in [-0.4, -0.2) is 29.8 Å². The lowest BCUT2D eigenvalue weighted by atomic mass is 10.9. The van der Waals surface area contributed by atoms with Crippen molar-refractivity contribution < 1.29 is 13.3 Å². The number of hydrogen-bond donors (Lipinski definition) is 1. The van der Waals surface area contributed by atoms with Gasteiger partial charge in [-0.25, -0.2) is 18.5 Å². The van der Waals surface area contributed by atoms with Gasteiger partial charge in [0.05, 0.1) is 10.7 Å². The van der Waals surface area contributed by atoms with Crippen molar-refractivity contribution in [3.05, 3.63) is 16.3 Å². The fourth-order valence-electron chi connectivity index (χ4n) is 0.646. The van der Waals surface area contributed by atoms with Crippen LogP contribution >= 0.6 is 23.1 Å². The van der Waals surface area contributed by atoms with E-state index in [1.165, 1.54) is 0 Å². The summed E-state index contributed by atoms with van der Waals surface area (Å²) in [5.41, 5.74) is 0. The lowest BCUT2D eigenvalue weighted by molar-refractivity contribution is -0.380. The first-order chi connectivity index (χ1) is 6.88. The van der Waals surface area contributed by atoms with Crippen LogP contribution in [0.2, 0.25) is 0 Å². The van der Waals surface area contributed by atoms with Gasteiger partial charge in [-0.15, -0.1) is 0 Å². The molecule has 0 saturated carbocycles. The number of nitrogens with two attached hydrogens (primary N) is 1. The van der Waals surface area contributed by atoms with Crippen LogP contribution in [0.1, 0.15) is 0 Å². The van der Waals surface area contributed by atoms with Gasteiger partial charge in [-0.2, -0.15) is 0 Å². The van der Waals surface area contributed by atoms with E-state index in [2.05, 4.69) is 4.98 Å². The maximum atomic E-state index is 10.6. The van der Waals surface area contributed by atoms with E-state index < -0.39 is 14.9 Å². The zero-order valence-electron chi connectivity index (χ0n) is 7.32. The topological polar surface area (TPSA) is 116 Å². The van der Waals surface area contributed by atoms with E-state index >= 15 is 0 Å². The van der Waals surface area contributed by atoms with E-state index in [-0.39, 0.29) is 16.5 Å². The van der Waals surface area contributed by atoms with Crippen molar-refractivity contribution in [2.75, 3.05) is 11.5 Å². The highest BCUT2D eigenvalue weighted by Gasteiger charge is 2.12. The molecule has 0 amide bonds. The molecule has 1 rings (SSSR count). The molecule has 7 nitrogen and oxygen atoms in total. The van der Waals surface area contributed by atoms with Crippen LogP contribution in [-0.2, 0) is 10.0 Å². The Kier molecular flexibility index (Phi) is 4.02. The molecule has 0 radical (unpaired) electrons. The van der Waals surface area contributed by atoms with Gasteiger partial charge >= 0.3 is 5.00 Å². The highest BCUT2D eigenvalue weighted by molar-refractivity contribution is 8.02. The molecule has 10 heteroatoms. The molecule has 1 aromatic rings. The van der Waals surface area contributed by atoms with Crippen molar-refractivity contribution in [3.8, 4) is 0 Å². The maximum absolute atomic E-state index is 10.6. The predicted octanol–water partition coefficient (Wildman–Crippen LogP) is 0.432. The van der Waals surface area contributed by atoms with Gasteiger partial charge in [-0.05, 0) is 11.3 Å². The molecule has 0 aliphatic rings. The smallest absolute Gasteiger partial charge is 0.257 e. The maximum Gasteiger partial charge on any atom is 0.344 e. The first-order valence-electron chi connectivity index (χ1n) is 3.62. The number of thiazole rings is 1. The van der Waals surface area contributed by atoms with Crippen molar-refractivity contribution in [1.29, 1.82) is 0 Å². The predicted molar refractivity (Wildman–Crippen MR) is 57.5 cm³/mol. The summed E-state index contributed by atoms with van der Waals surface area (Å²) in [5.74, 6) is 0.0640. The average molecular weight is 269 g/mol. The van der Waals surface area contributed by atoms with E-state index in [0.29, 0.717) is 4.34 Å². The van der Waals surface area contributed by atoms with Crippen molar-refractivity contribution in [2.45, 2.75) is 4.34 Å². The Labute approximate surface area is 93.9 Å². The van der Waals surface area contributed by atoms with Gasteiger partial charge in [0.2, 0.25) is 10.0 Å². The Morgan fingerprint density at radius 2 is 2.33 bits per heavy atom. The fourth-order valence-corrected chi connectivity index (χ4v) is 3.42. The van der Waals surface area contributed by atoms with Gasteiger partial charge in [-0.3, -0.25) is 10.1 Å². The molecule has 2 N–H and O–H groups in total. The zero-order chi connectivity index (χ0) is 11.5. The SMILES string of the molecule is NS(=O)(=O)CCSc1ncc([N+](=O)[O-])s1. The van der Waals surface area contributed by atoms with E-state index in [0.717, 1.165) is 29.3 Å². The number of hydrogen-bond acceptors (Lipinski definition) is 7. The van der Waals surface area contributed by atoms with E-state index in [4.69, 9.17) is 5.14 Å². The summed E-state index contributed by atoms with van der Waals surface area (Å²) >= 11 is 2.04. The summed E-state index contributed by atoms with van der Waals surface area (Å²) in [6.07, 6.45) is 1.14. The molecule has 0 unspecified atom stereocenters. The lowest BCUT2D eigenvalue weighted by Gasteiger charge is -1.94. The number of thioether (sulfide) groups is 1. The van der Waals surface area contributed by atoms with E-state index in [1.54, 1.807) is 0 Å². The molecular formula is C5H7N3O4S3. The Hall–Kier alpha value is -0.710. The highest BCUT2D eigenvalue weighted by atomic mass is 32.2. The van der Waals surface area contributed by atoms with Crippen LogP contribution in [0.25, 0.3) is 0 Å². The van der Waals surface area contributed by atoms with Gasteiger partial charge in [-0.1, -0.05) is 11.8 Å². The van der Waals surface area contributed by atoms with Gasteiger partial charge in [0, 0.05) is 5.75 Å². The minimum atomic E-state index is -3.48. The number of aromatic nitrogens is 1. The summed E-state index contributed by atoms with van der Waals surface area (Å²) < 4.78 is 21.6. The fraction of sp³-hybridized carbons (Fsp3) is 0.400. The molecule has 0 bridgehead atoms. The molecule has 0 fully saturated rings. The van der Waals surface area contributed by atoms with Gasteiger partial charge in [0.1, 0.15) is 6.20 Å². The molecular weight excluding hydrogens is 262 g/mol. The Bertz CT molecular complexity index is 454. The number of primary sulfonamides is 1. The monoisotopic (exact) mass is 269 g/mol. The number of sulfonamides is 1. The largest absolute Gasteiger partial charge is 0.344 e. The van der Waals surface area contributed by atoms with Crippen LogP contribution in [0.4, 0.5) is 5.00 Å². The molecule has 15 heavy (non-hydrogen) atoms. The standard InChI is InChI=1S/C5H7N3O4S3/c6-15(11,12)2-1-13-5-7-3-4(14-5)8(9)10/h3H,1-2H2,(H2,6,11,12). The van der Waals surface area contributed by atoms with Crippen LogP contribution in [0.15, 0.2) is 10.5 Å². The molecule has 0 saturated heterocycles. The van der Waals surface area contributed by atoms with Gasteiger partial charge in [0.15, 0.2) is 4.34 Å². The minimum absolute atomic E-state index is 0.0619. The lowest BCUT2D eigenvalue weighted by Crippen LogP contribution is -2.17. The first kappa shape index (κ1) is 12.4. The highest BCUT2D eigenvalue weighted by Crippen LogP contribution is 2.28. The quantitative estimate of drug-likeness (QED) is 0.470. The molecule has 0 aliphatic carbocycles. The number of nitrogens with zero attached hydrogens (tertiary/aromatic N) is 2. The van der Waals surface area contributed by atoms with E-state index in [1.807, 2.05) is 0 Å². The summed E-state index contributed by atoms with van der Waals surface area (Å²) in [5, 5.41) is 15.0. The van der Waals surface area contributed by atoms with Crippen LogP contribution < -0.4 is 5.14 Å². The Morgan fingerprint density at radius 1 is 1.67 bits per heavy atom. The number of rotatable bonds is 5. The average Bonchev–Trinajstić information content (AvgIpc) is 2.50. The molecule has 0 atom stereocenters. The normalized spacial score (nSPS) is 11.5. The van der Waals surface area contributed by atoms with E-state index in [9.17, 15) is 18.5 Å². The van der Waals surface area contributed by atoms with Gasteiger partial charge < -0.3 is 0 Å². The second-order valence-corrected chi connectivity index (χ2v) is 6.52. The summed E-state index contributed by atoms with van der Waals surface area (Å²) in [6, 6.07) is 0. The summed E-state index contributed by atoms with van der Waals surface area (Å²) in [4.78, 5) is 13.5. The third kappa shape index (κ3) is 4.55. The number of nitro groups is 1. The second kappa shape index (κ2) is 4.88. The van der Waals surface area contributed by atoms with Crippen LogP contribution in [0.5, 0.6) is 0 Å². The molecule has 0 spiro atoms. The zero-order valence-corrected chi connectivity index (χ0v) is 9.77. The molecule has 0 aliphatic heterocycles. The third-order valence-electron chi connectivity index (χ3n) is 1.25. The van der Waals surface area contributed by atoms with Gasteiger partial charge in [0.25, 0.3) is 0 Å². The molecule has 1 heterocycles. The third-order valence-corrected chi connectivity index (χ3v) is 4.38. The van der Waals surface area contributed by atoms with Crippen molar-refractivity contribution in [1.82, 2.24) is 4.98 Å². The molecule has 0 aromatic carbocycles. The van der Waals surface area contributed by atoms with Crippen molar-refractivity contribution in [2.24, 2.45) is 5.14 Å². The Morgan fingerprint density at radius 3 is 2.80 bits per heavy atom. The van der Waals surface area contributed by atoms with Crippen molar-refractivity contribution in [3.63, 3.8) is 0 Å². The molecule has 84 valence electrons. The second-order valence-electron chi connectivity index (χ2n) is 2.44. The van der Waals surface area contributed by atoms with Crippen molar-refractivity contribution >= 4 is 38.1 Å². The molecule has 1 aromatic heterocycles. The summed E-state index contributed by atoms with van der Waals surface area (Å²) in [7, 11) is -3.48. The van der Waals surface area contributed by atoms with Crippen LogP contribution in [0, 0.1) is 10.1 Å².